The second kappa shape index (κ2) is 5.45. The van der Waals surface area contributed by atoms with Crippen LogP contribution in [0.1, 0.15) is 5.56 Å². The molecule has 0 amide bonds. The van der Waals surface area contributed by atoms with Crippen LogP contribution < -0.4 is 4.74 Å². The van der Waals surface area contributed by atoms with Crippen LogP contribution >= 0.6 is 11.6 Å². The second-order valence-corrected chi connectivity index (χ2v) is 3.09. The Balaban J connectivity index is 2.71. The van der Waals surface area contributed by atoms with Crippen molar-refractivity contribution in [1.82, 2.24) is 0 Å². The van der Waals surface area contributed by atoms with E-state index in [0.717, 1.165) is 11.3 Å². The maximum atomic E-state index is 10.4. The monoisotopic (exact) mass is 210 g/mol. The fourth-order valence-corrected chi connectivity index (χ4v) is 1.24. The molecule has 2 nitrogen and oxygen atoms in total. The molecular formula is C11H11ClO2. The average Bonchev–Trinajstić information content (AvgIpc) is 2.18. The number of carbonyl (C=O) groups excluding carboxylic acids is 1. The molecule has 3 heteroatoms. The average molecular weight is 211 g/mol. The summed E-state index contributed by atoms with van der Waals surface area (Å²) in [5, 5.41) is -0.458. The van der Waals surface area contributed by atoms with Crippen LogP contribution in [0.2, 0.25) is 0 Å². The van der Waals surface area contributed by atoms with Gasteiger partial charge in [-0.25, -0.2) is 0 Å². The van der Waals surface area contributed by atoms with Crippen LogP contribution in [0, 0.1) is 0 Å². The molecule has 1 aromatic carbocycles. The highest BCUT2D eigenvalue weighted by atomic mass is 35.5. The van der Waals surface area contributed by atoms with Crippen LogP contribution in [0.5, 0.6) is 5.75 Å². The Bertz CT molecular complexity index is 345. The van der Waals surface area contributed by atoms with Crippen molar-refractivity contribution < 1.29 is 9.53 Å². The van der Waals surface area contributed by atoms with Crippen molar-refractivity contribution in [3.8, 4) is 5.75 Å². The lowest BCUT2D eigenvalue weighted by Crippen LogP contribution is -1.90. The number of halogens is 1. The molecule has 1 rings (SSSR count). The molecule has 0 atom stereocenters. The molecule has 0 aromatic heterocycles. The maximum Gasteiger partial charge on any atom is 0.244 e. The van der Waals surface area contributed by atoms with Crippen molar-refractivity contribution >= 4 is 16.8 Å². The first-order chi connectivity index (χ1) is 6.74. The third-order valence-electron chi connectivity index (χ3n) is 1.78. The Labute approximate surface area is 88.1 Å². The van der Waals surface area contributed by atoms with Gasteiger partial charge >= 0.3 is 0 Å². The van der Waals surface area contributed by atoms with Gasteiger partial charge in [-0.3, -0.25) is 4.79 Å². The van der Waals surface area contributed by atoms with Crippen LogP contribution in [0.4, 0.5) is 0 Å². The number of carbonyl (C=O) groups is 1. The minimum absolute atomic E-state index is 0.458. The molecule has 0 aliphatic heterocycles. The van der Waals surface area contributed by atoms with Gasteiger partial charge in [0.1, 0.15) is 5.75 Å². The van der Waals surface area contributed by atoms with Crippen molar-refractivity contribution in [2.24, 2.45) is 0 Å². The van der Waals surface area contributed by atoms with Gasteiger partial charge in [0.15, 0.2) is 0 Å². The highest BCUT2D eigenvalue weighted by Crippen LogP contribution is 2.17. The van der Waals surface area contributed by atoms with Crippen molar-refractivity contribution in [2.45, 2.75) is 6.42 Å². The zero-order chi connectivity index (χ0) is 10.4. The minimum Gasteiger partial charge on any atom is -0.496 e. The lowest BCUT2D eigenvalue weighted by atomic mass is 10.1. The molecule has 0 bridgehead atoms. The molecule has 0 spiro atoms. The van der Waals surface area contributed by atoms with Gasteiger partial charge in [-0.05, 0) is 35.7 Å². The molecule has 0 unspecified atom stereocenters. The highest BCUT2D eigenvalue weighted by Gasteiger charge is 1.98. The minimum atomic E-state index is -0.458. The van der Waals surface area contributed by atoms with E-state index in [1.54, 1.807) is 13.2 Å². The normalized spacial score (nSPS) is 10.4. The lowest BCUT2D eigenvalue weighted by molar-refractivity contribution is -0.107. The predicted molar refractivity (Wildman–Crippen MR) is 56.7 cm³/mol. The van der Waals surface area contributed by atoms with Crippen LogP contribution in [0.3, 0.4) is 0 Å². The van der Waals surface area contributed by atoms with E-state index in [-0.39, 0.29) is 0 Å². The predicted octanol–water partition coefficient (Wildman–Crippen LogP) is 2.56. The summed E-state index contributed by atoms with van der Waals surface area (Å²) in [5.74, 6) is 0.819. The Morgan fingerprint density at radius 3 is 2.86 bits per heavy atom. The molecule has 0 saturated carbocycles. The highest BCUT2D eigenvalue weighted by molar-refractivity contribution is 6.66. The summed E-state index contributed by atoms with van der Waals surface area (Å²) in [6.45, 7) is 0. The van der Waals surface area contributed by atoms with Gasteiger partial charge in [0.05, 0.1) is 7.11 Å². The van der Waals surface area contributed by atoms with Gasteiger partial charge in [-0.1, -0.05) is 24.3 Å². The van der Waals surface area contributed by atoms with Crippen LogP contribution in [0.25, 0.3) is 0 Å². The Morgan fingerprint density at radius 1 is 1.50 bits per heavy atom. The number of allylic oxidation sites excluding steroid dienone is 2. The number of ether oxygens (including phenoxy) is 1. The van der Waals surface area contributed by atoms with Crippen molar-refractivity contribution in [3.63, 3.8) is 0 Å². The van der Waals surface area contributed by atoms with Gasteiger partial charge in [0.2, 0.25) is 5.24 Å². The molecule has 0 radical (unpaired) electrons. The topological polar surface area (TPSA) is 26.3 Å². The van der Waals surface area contributed by atoms with E-state index >= 15 is 0 Å². The van der Waals surface area contributed by atoms with Crippen molar-refractivity contribution in [3.05, 3.63) is 42.0 Å². The molecule has 0 fully saturated rings. The first-order valence-electron chi connectivity index (χ1n) is 4.22. The summed E-state index contributed by atoms with van der Waals surface area (Å²) in [7, 11) is 1.62. The third kappa shape index (κ3) is 3.23. The summed E-state index contributed by atoms with van der Waals surface area (Å²) >= 11 is 5.16. The molecule has 0 aliphatic rings. The van der Waals surface area contributed by atoms with Gasteiger partial charge in [0.25, 0.3) is 0 Å². The fourth-order valence-electron chi connectivity index (χ4n) is 1.15. The van der Waals surface area contributed by atoms with E-state index in [1.807, 2.05) is 24.3 Å². The lowest BCUT2D eigenvalue weighted by Gasteiger charge is -2.04. The van der Waals surface area contributed by atoms with E-state index in [1.165, 1.54) is 6.08 Å². The van der Waals surface area contributed by atoms with Crippen molar-refractivity contribution in [2.75, 3.05) is 7.11 Å². The smallest absolute Gasteiger partial charge is 0.244 e. The molecule has 1 aromatic rings. The number of methoxy groups -OCH3 is 1. The van der Waals surface area contributed by atoms with E-state index in [9.17, 15) is 4.79 Å². The molecular weight excluding hydrogens is 200 g/mol. The van der Waals surface area contributed by atoms with E-state index in [2.05, 4.69) is 0 Å². The van der Waals surface area contributed by atoms with E-state index in [4.69, 9.17) is 16.3 Å². The quantitative estimate of drug-likeness (QED) is 0.564. The summed E-state index contributed by atoms with van der Waals surface area (Å²) in [6, 6.07) is 7.65. The van der Waals surface area contributed by atoms with Gasteiger partial charge < -0.3 is 4.74 Å². The van der Waals surface area contributed by atoms with Crippen LogP contribution in [-0.2, 0) is 11.2 Å². The van der Waals surface area contributed by atoms with E-state index in [0.29, 0.717) is 6.42 Å². The summed E-state index contributed by atoms with van der Waals surface area (Å²) in [5.41, 5.74) is 1.03. The van der Waals surface area contributed by atoms with Gasteiger partial charge in [-0.15, -0.1) is 0 Å². The molecule has 0 heterocycles. The fraction of sp³-hybridized carbons (Fsp3) is 0.182. The summed E-state index contributed by atoms with van der Waals surface area (Å²) in [6.07, 6.45) is 3.70. The standard InChI is InChI=1S/C11H11ClO2/c1-14-10-7-3-2-5-9(10)6-4-8-11(12)13/h2-5,7-8H,6H2,1H3/b8-4+. The van der Waals surface area contributed by atoms with Crippen LogP contribution in [0.15, 0.2) is 36.4 Å². The number of rotatable bonds is 4. The van der Waals surface area contributed by atoms with E-state index < -0.39 is 5.24 Å². The molecule has 14 heavy (non-hydrogen) atoms. The van der Waals surface area contributed by atoms with Crippen molar-refractivity contribution in [1.29, 1.82) is 0 Å². The second-order valence-electron chi connectivity index (χ2n) is 2.72. The summed E-state index contributed by atoms with van der Waals surface area (Å²) in [4.78, 5) is 10.4. The SMILES string of the molecule is COc1ccccc1C/C=C/C(=O)Cl. The largest absolute Gasteiger partial charge is 0.496 e. The Morgan fingerprint density at radius 2 is 2.21 bits per heavy atom. The third-order valence-corrected chi connectivity index (χ3v) is 1.91. The van der Waals surface area contributed by atoms with Gasteiger partial charge in [-0.2, -0.15) is 0 Å². The number of hydrogen-bond donors (Lipinski definition) is 0. The number of para-hydroxylation sites is 1. The molecule has 0 aliphatic carbocycles. The first kappa shape index (κ1) is 10.8. The molecule has 0 saturated heterocycles. The zero-order valence-corrected chi connectivity index (χ0v) is 8.62. The Hall–Kier alpha value is -1.28. The Kier molecular flexibility index (Phi) is 4.20. The zero-order valence-electron chi connectivity index (χ0n) is 7.87. The number of hydrogen-bond acceptors (Lipinski definition) is 2. The molecule has 0 N–H and O–H groups in total. The van der Waals surface area contributed by atoms with Gasteiger partial charge in [0, 0.05) is 0 Å². The molecule has 74 valence electrons. The number of benzene rings is 1. The van der Waals surface area contributed by atoms with Crippen LogP contribution in [-0.4, -0.2) is 12.4 Å². The summed E-state index contributed by atoms with van der Waals surface area (Å²) < 4.78 is 5.15. The first-order valence-corrected chi connectivity index (χ1v) is 4.59. The maximum absolute atomic E-state index is 10.4.